The number of carbonyl (C=O) groups is 2. The lowest BCUT2D eigenvalue weighted by Crippen LogP contribution is -2.23. The van der Waals surface area contributed by atoms with E-state index in [2.05, 4.69) is 12.2 Å². The van der Waals surface area contributed by atoms with Crippen LogP contribution < -0.4 is 5.32 Å². The zero-order valence-corrected chi connectivity index (χ0v) is 9.97. The Morgan fingerprint density at radius 2 is 2.00 bits per heavy atom. The number of unbranched alkanes of at least 4 members (excludes halogenated alkanes) is 2. The van der Waals surface area contributed by atoms with Crippen molar-refractivity contribution in [2.24, 2.45) is 0 Å². The van der Waals surface area contributed by atoms with Gasteiger partial charge in [-0.1, -0.05) is 19.8 Å². The average molecular weight is 241 g/mol. The number of thiophene rings is 1. The van der Waals surface area contributed by atoms with Crippen LogP contribution in [-0.4, -0.2) is 23.5 Å². The van der Waals surface area contributed by atoms with Gasteiger partial charge in [0.05, 0.1) is 4.88 Å². The Hall–Kier alpha value is -1.36. The van der Waals surface area contributed by atoms with Crippen LogP contribution in [0.25, 0.3) is 0 Å². The molecular formula is C11H15NO3S. The number of amides is 1. The van der Waals surface area contributed by atoms with Crippen LogP contribution in [0.1, 0.15) is 45.5 Å². The molecule has 16 heavy (non-hydrogen) atoms. The molecule has 0 saturated carbocycles. The highest BCUT2D eigenvalue weighted by atomic mass is 32.1. The van der Waals surface area contributed by atoms with Crippen LogP contribution in [0.4, 0.5) is 0 Å². The number of carboxylic acid groups (broad SMARTS) is 1. The SMILES string of the molecule is CCCCCNC(=O)c1ccc(C(=O)O)s1. The molecule has 1 aromatic heterocycles. The second-order valence-corrected chi connectivity index (χ2v) is 4.52. The summed E-state index contributed by atoms with van der Waals surface area (Å²) < 4.78 is 0. The fraction of sp³-hybridized carbons (Fsp3) is 0.455. The van der Waals surface area contributed by atoms with E-state index >= 15 is 0 Å². The van der Waals surface area contributed by atoms with Crippen molar-refractivity contribution in [2.45, 2.75) is 26.2 Å². The van der Waals surface area contributed by atoms with Gasteiger partial charge in [0.1, 0.15) is 4.88 Å². The Balaban J connectivity index is 2.43. The number of hydrogen-bond acceptors (Lipinski definition) is 3. The number of carboxylic acids is 1. The molecule has 1 rings (SSSR count). The van der Waals surface area contributed by atoms with E-state index in [0.29, 0.717) is 11.4 Å². The van der Waals surface area contributed by atoms with Gasteiger partial charge < -0.3 is 10.4 Å². The molecular weight excluding hydrogens is 226 g/mol. The van der Waals surface area contributed by atoms with Crippen LogP contribution in [0.5, 0.6) is 0 Å². The molecule has 88 valence electrons. The third-order valence-electron chi connectivity index (χ3n) is 2.11. The molecule has 4 nitrogen and oxygen atoms in total. The summed E-state index contributed by atoms with van der Waals surface area (Å²) in [5.41, 5.74) is 0. The van der Waals surface area contributed by atoms with Crippen LogP contribution >= 0.6 is 11.3 Å². The summed E-state index contributed by atoms with van der Waals surface area (Å²) in [6.07, 6.45) is 3.16. The highest BCUT2D eigenvalue weighted by Gasteiger charge is 2.11. The first kappa shape index (κ1) is 12.7. The van der Waals surface area contributed by atoms with Crippen molar-refractivity contribution in [3.63, 3.8) is 0 Å². The average Bonchev–Trinajstić information content (AvgIpc) is 2.73. The van der Waals surface area contributed by atoms with Gasteiger partial charge in [-0.2, -0.15) is 0 Å². The van der Waals surface area contributed by atoms with E-state index in [4.69, 9.17) is 5.11 Å². The molecule has 0 aliphatic rings. The quantitative estimate of drug-likeness (QED) is 0.751. The van der Waals surface area contributed by atoms with Crippen LogP contribution in [0.2, 0.25) is 0 Å². The van der Waals surface area contributed by atoms with E-state index in [1.54, 1.807) is 6.07 Å². The van der Waals surface area contributed by atoms with Gasteiger partial charge in [0, 0.05) is 6.54 Å². The molecule has 0 aromatic carbocycles. The molecule has 1 heterocycles. The van der Waals surface area contributed by atoms with Gasteiger partial charge in [-0.3, -0.25) is 4.79 Å². The lowest BCUT2D eigenvalue weighted by Gasteiger charge is -2.01. The molecule has 0 aliphatic carbocycles. The molecule has 0 saturated heterocycles. The Labute approximate surface area is 98.3 Å². The maximum absolute atomic E-state index is 11.6. The van der Waals surface area contributed by atoms with Crippen LogP contribution in [-0.2, 0) is 0 Å². The van der Waals surface area contributed by atoms with Gasteiger partial charge in [-0.25, -0.2) is 4.79 Å². The van der Waals surface area contributed by atoms with Crippen LogP contribution in [0, 0.1) is 0 Å². The van der Waals surface area contributed by atoms with E-state index in [1.165, 1.54) is 6.07 Å². The summed E-state index contributed by atoms with van der Waals surface area (Å²) in [4.78, 5) is 22.8. The lowest BCUT2D eigenvalue weighted by atomic mass is 10.2. The Morgan fingerprint density at radius 1 is 1.31 bits per heavy atom. The third-order valence-corrected chi connectivity index (χ3v) is 3.18. The summed E-state index contributed by atoms with van der Waals surface area (Å²) in [5, 5.41) is 11.5. The van der Waals surface area contributed by atoms with Gasteiger partial charge >= 0.3 is 5.97 Å². The lowest BCUT2D eigenvalue weighted by molar-refractivity contribution is 0.0702. The van der Waals surface area contributed by atoms with Gasteiger partial charge in [-0.05, 0) is 18.6 Å². The standard InChI is InChI=1S/C11H15NO3S/c1-2-3-4-7-12-10(13)8-5-6-9(16-8)11(14)15/h5-6H,2-4,7H2,1H3,(H,12,13)(H,14,15). The third kappa shape index (κ3) is 3.66. The van der Waals surface area contributed by atoms with E-state index in [1.807, 2.05) is 0 Å². The molecule has 0 aliphatic heterocycles. The van der Waals surface area contributed by atoms with E-state index in [9.17, 15) is 9.59 Å². The first-order chi connectivity index (χ1) is 7.65. The van der Waals surface area contributed by atoms with Crippen molar-refractivity contribution in [1.29, 1.82) is 0 Å². The second kappa shape index (κ2) is 6.27. The molecule has 5 heteroatoms. The zero-order valence-electron chi connectivity index (χ0n) is 9.16. The second-order valence-electron chi connectivity index (χ2n) is 3.43. The number of nitrogens with one attached hydrogen (secondary N) is 1. The monoisotopic (exact) mass is 241 g/mol. The molecule has 0 unspecified atom stereocenters. The Morgan fingerprint density at radius 3 is 2.56 bits per heavy atom. The van der Waals surface area contributed by atoms with Gasteiger partial charge in [0.15, 0.2) is 0 Å². The fourth-order valence-electron chi connectivity index (χ4n) is 1.24. The predicted molar refractivity (Wildman–Crippen MR) is 63.1 cm³/mol. The first-order valence-corrected chi connectivity index (χ1v) is 6.08. The highest BCUT2D eigenvalue weighted by Crippen LogP contribution is 2.16. The molecule has 0 fully saturated rings. The van der Waals surface area contributed by atoms with Crippen molar-refractivity contribution in [2.75, 3.05) is 6.54 Å². The molecule has 0 atom stereocenters. The number of aromatic carboxylic acids is 1. The summed E-state index contributed by atoms with van der Waals surface area (Å²) >= 11 is 1.00. The Kier molecular flexibility index (Phi) is 4.98. The van der Waals surface area contributed by atoms with Crippen molar-refractivity contribution in [1.82, 2.24) is 5.32 Å². The molecule has 0 bridgehead atoms. The summed E-state index contributed by atoms with van der Waals surface area (Å²) in [6, 6.07) is 3.00. The van der Waals surface area contributed by atoms with E-state index < -0.39 is 5.97 Å². The van der Waals surface area contributed by atoms with Crippen molar-refractivity contribution in [3.05, 3.63) is 21.9 Å². The normalized spacial score (nSPS) is 10.1. The molecule has 0 radical (unpaired) electrons. The zero-order chi connectivity index (χ0) is 12.0. The molecule has 1 aromatic rings. The van der Waals surface area contributed by atoms with Gasteiger partial charge in [0.25, 0.3) is 5.91 Å². The van der Waals surface area contributed by atoms with E-state index in [0.717, 1.165) is 30.6 Å². The van der Waals surface area contributed by atoms with Crippen molar-refractivity contribution in [3.8, 4) is 0 Å². The highest BCUT2D eigenvalue weighted by molar-refractivity contribution is 7.15. The van der Waals surface area contributed by atoms with Crippen LogP contribution in [0.3, 0.4) is 0 Å². The fourth-order valence-corrected chi connectivity index (χ4v) is 2.00. The minimum atomic E-state index is -0.991. The number of rotatable bonds is 6. The minimum Gasteiger partial charge on any atom is -0.477 e. The maximum Gasteiger partial charge on any atom is 0.345 e. The molecule has 2 N–H and O–H groups in total. The summed E-state index contributed by atoms with van der Waals surface area (Å²) in [5.74, 6) is -1.18. The number of carbonyl (C=O) groups excluding carboxylic acids is 1. The predicted octanol–water partition coefficient (Wildman–Crippen LogP) is 2.37. The first-order valence-electron chi connectivity index (χ1n) is 5.26. The minimum absolute atomic E-state index is 0.186. The van der Waals surface area contributed by atoms with Crippen molar-refractivity contribution >= 4 is 23.2 Å². The maximum atomic E-state index is 11.6. The van der Waals surface area contributed by atoms with Crippen LogP contribution in [0.15, 0.2) is 12.1 Å². The van der Waals surface area contributed by atoms with Crippen molar-refractivity contribution < 1.29 is 14.7 Å². The topological polar surface area (TPSA) is 66.4 Å². The largest absolute Gasteiger partial charge is 0.477 e. The Bertz CT molecular complexity index is 373. The summed E-state index contributed by atoms with van der Waals surface area (Å²) in [7, 11) is 0. The van der Waals surface area contributed by atoms with Gasteiger partial charge in [-0.15, -0.1) is 11.3 Å². The summed E-state index contributed by atoms with van der Waals surface area (Å²) in [6.45, 7) is 2.74. The molecule has 0 spiro atoms. The molecule has 1 amide bonds. The van der Waals surface area contributed by atoms with Gasteiger partial charge in [0.2, 0.25) is 0 Å². The van der Waals surface area contributed by atoms with E-state index in [-0.39, 0.29) is 10.8 Å². The number of hydrogen-bond donors (Lipinski definition) is 2. The smallest absolute Gasteiger partial charge is 0.345 e.